The summed E-state index contributed by atoms with van der Waals surface area (Å²) in [4.78, 5) is 52.0. The number of aliphatic hydroxyl groups is 3. The summed E-state index contributed by atoms with van der Waals surface area (Å²) < 4.78 is 48.4. The summed E-state index contributed by atoms with van der Waals surface area (Å²) in [6.07, 6.45) is -3.45. The van der Waals surface area contributed by atoms with Crippen LogP contribution in [0.1, 0.15) is 93.4 Å². The van der Waals surface area contributed by atoms with E-state index in [4.69, 9.17) is 37.9 Å². The highest BCUT2D eigenvalue weighted by Crippen LogP contribution is 2.37. The monoisotopic (exact) mass is 813 g/mol. The van der Waals surface area contributed by atoms with E-state index in [0.717, 1.165) is 0 Å². The molecule has 57 heavy (non-hydrogen) atoms. The minimum absolute atomic E-state index is 0.0416. The van der Waals surface area contributed by atoms with Crippen LogP contribution in [0.5, 0.6) is 0 Å². The molecule has 2 fully saturated rings. The molecule has 0 saturated carbocycles. The Morgan fingerprint density at radius 1 is 1.02 bits per heavy atom. The van der Waals surface area contributed by atoms with E-state index in [2.05, 4.69) is 0 Å². The fourth-order valence-electron chi connectivity index (χ4n) is 7.96. The number of likely N-dealkylation sites (N-methyl/N-ethyl adjacent to an activating group) is 1. The van der Waals surface area contributed by atoms with Crippen molar-refractivity contribution in [2.45, 2.75) is 179 Å². The molecule has 0 aromatic carbocycles. The Bertz CT molecular complexity index is 1350. The molecule has 3 aliphatic rings. The van der Waals surface area contributed by atoms with Crippen molar-refractivity contribution in [3.63, 3.8) is 0 Å². The van der Waals surface area contributed by atoms with Gasteiger partial charge in [0.2, 0.25) is 0 Å². The molecule has 0 aromatic rings. The molecule has 0 spiro atoms. The predicted octanol–water partition coefficient (Wildman–Crippen LogP) is 2.77. The van der Waals surface area contributed by atoms with Crippen molar-refractivity contribution in [2.24, 2.45) is 11.8 Å². The van der Waals surface area contributed by atoms with Crippen LogP contribution < -0.4 is 0 Å². The molecule has 0 aromatic heterocycles. The van der Waals surface area contributed by atoms with Crippen molar-refractivity contribution >= 4 is 24.2 Å². The summed E-state index contributed by atoms with van der Waals surface area (Å²) in [5, 5.41) is 34.5. The van der Waals surface area contributed by atoms with Crippen LogP contribution in [-0.2, 0) is 57.1 Å². The van der Waals surface area contributed by atoms with Gasteiger partial charge < -0.3 is 62.9 Å². The molecule has 326 valence electrons. The van der Waals surface area contributed by atoms with Crippen molar-refractivity contribution < 1.29 is 72.4 Å². The van der Waals surface area contributed by atoms with Crippen molar-refractivity contribution in [1.82, 2.24) is 4.90 Å². The van der Waals surface area contributed by atoms with E-state index in [1.165, 1.54) is 14.0 Å². The third kappa shape index (κ3) is 13.9. The summed E-state index contributed by atoms with van der Waals surface area (Å²) in [6.45, 7) is 11.6. The van der Waals surface area contributed by atoms with Gasteiger partial charge in [-0.25, -0.2) is 0 Å². The summed E-state index contributed by atoms with van der Waals surface area (Å²) in [7, 11) is 4.85. The van der Waals surface area contributed by atoms with Crippen LogP contribution >= 0.6 is 0 Å². The van der Waals surface area contributed by atoms with Crippen LogP contribution in [-0.4, -0.2) is 151 Å². The number of cyclic esters (lactones) is 1. The molecule has 9 unspecified atom stereocenters. The van der Waals surface area contributed by atoms with Gasteiger partial charge >= 0.3 is 17.9 Å². The Labute approximate surface area is 337 Å². The first-order valence-electron chi connectivity index (χ1n) is 20.1. The Morgan fingerprint density at radius 3 is 2.32 bits per heavy atom. The number of aldehydes is 1. The van der Waals surface area contributed by atoms with Gasteiger partial charge in [-0.05, 0) is 66.5 Å². The van der Waals surface area contributed by atoms with Crippen molar-refractivity contribution in [1.29, 1.82) is 0 Å². The minimum Gasteiger partial charge on any atom is -0.462 e. The van der Waals surface area contributed by atoms with Crippen LogP contribution in [0.3, 0.4) is 0 Å². The number of carbonyl (C=O) groups is 4. The van der Waals surface area contributed by atoms with E-state index in [9.17, 15) is 34.5 Å². The second kappa shape index (κ2) is 22.5. The number of rotatable bonds is 12. The average molecular weight is 814 g/mol. The first-order chi connectivity index (χ1) is 26.8. The second-order valence-electron chi connectivity index (χ2n) is 16.1. The number of methoxy groups -OCH3 is 1. The van der Waals surface area contributed by atoms with E-state index >= 15 is 0 Å². The molecule has 0 bridgehead atoms. The normalized spacial score (nSPS) is 41.1. The van der Waals surface area contributed by atoms with E-state index in [0.29, 0.717) is 19.1 Å². The van der Waals surface area contributed by atoms with Gasteiger partial charge in [0.25, 0.3) is 0 Å². The molecule has 16 heteroatoms. The number of carbonyl (C=O) groups excluding carboxylic acids is 4. The molecule has 0 aliphatic carbocycles. The van der Waals surface area contributed by atoms with E-state index in [-0.39, 0.29) is 25.7 Å². The summed E-state index contributed by atoms with van der Waals surface area (Å²) in [5.41, 5.74) is -1.49. The Balaban J connectivity index is 1.99. The van der Waals surface area contributed by atoms with Crippen LogP contribution in [0.15, 0.2) is 24.3 Å². The minimum atomic E-state index is -1.49. The number of nitrogens with zero attached hydrogens (tertiary/aromatic N) is 1. The lowest BCUT2D eigenvalue weighted by Gasteiger charge is -2.50. The lowest BCUT2D eigenvalue weighted by molar-refractivity contribution is -0.344. The maximum atomic E-state index is 13.2. The maximum Gasteiger partial charge on any atom is 0.309 e. The van der Waals surface area contributed by atoms with Crippen LogP contribution in [0.2, 0.25) is 0 Å². The molecule has 2 saturated heterocycles. The number of hydrogen-bond acceptors (Lipinski definition) is 16. The number of hydrogen-bond donors (Lipinski definition) is 3. The first-order valence-corrected chi connectivity index (χ1v) is 20.1. The first kappa shape index (κ1) is 48.6. The van der Waals surface area contributed by atoms with Gasteiger partial charge in [-0.1, -0.05) is 38.2 Å². The van der Waals surface area contributed by atoms with Crippen molar-refractivity contribution in [3.8, 4) is 0 Å². The fourth-order valence-corrected chi connectivity index (χ4v) is 7.96. The zero-order valence-electron chi connectivity index (χ0n) is 35.2. The zero-order chi connectivity index (χ0) is 42.6. The van der Waals surface area contributed by atoms with Gasteiger partial charge in [-0.15, -0.1) is 0 Å². The van der Waals surface area contributed by atoms with Gasteiger partial charge in [0, 0.05) is 39.7 Å². The highest BCUT2D eigenvalue weighted by Gasteiger charge is 2.53. The number of allylic oxidation sites excluding steroid dienone is 2. The molecule has 3 rings (SSSR count). The summed E-state index contributed by atoms with van der Waals surface area (Å²) in [5.74, 6) is -2.88. The molecule has 16 atom stereocenters. The molecule has 0 amide bonds. The Kier molecular flexibility index (Phi) is 19.2. The molecular weight excluding hydrogens is 746 g/mol. The second-order valence-corrected chi connectivity index (χ2v) is 16.1. The molecule has 3 heterocycles. The molecule has 0 radical (unpaired) electrons. The third-order valence-electron chi connectivity index (χ3n) is 10.8. The standard InChI is InChI=1S/C41H67NO15/c1-11-15-31(46)55-39-26(5)52-33(22-41(39,7)49)56-36-25(4)53-40(35(48)34(36)42(8)9)57-37-28(18-19-43)20-23(2)29(45)17-14-12-13-16-24(3)51-32(47)21-30(38(37)50-10)54-27(6)44/h12-14,17,19,23-26,28-30,33-40,45,48-49H,11,15-16,18,20-22H2,1-10H3/b13-12+,17-14+/t23-,24-,25?,26?,28+,29+,30-,33?,34?,35?,36?,37+,38+,39?,40?,41?/m1/s1. The lowest BCUT2D eigenvalue weighted by atomic mass is 9.82. The van der Waals surface area contributed by atoms with Crippen molar-refractivity contribution in [3.05, 3.63) is 24.3 Å². The van der Waals surface area contributed by atoms with E-state index in [1.807, 2.05) is 13.8 Å². The SMILES string of the molecule is CCCC(=O)OC1C(C)OC(OC2C(C)OC(O[C@H]3[C@@H](CC=O)C[C@@H](C)[C@@H](O)/C=C/C=C/C[C@@H](C)OC(=O)C[C@@H](OC(C)=O)[C@@H]3OC)C(O)C2N(C)C)CC1(C)O. The Hall–Kier alpha value is -2.80. The quantitative estimate of drug-likeness (QED) is 0.147. The van der Waals surface area contributed by atoms with Crippen LogP contribution in [0, 0.1) is 11.8 Å². The number of aliphatic hydroxyl groups excluding tert-OH is 2. The fraction of sp³-hybridized carbons (Fsp3) is 0.805. The number of esters is 3. The summed E-state index contributed by atoms with van der Waals surface area (Å²) >= 11 is 0. The van der Waals surface area contributed by atoms with Crippen molar-refractivity contribution in [2.75, 3.05) is 21.2 Å². The molecule has 3 N–H and O–H groups in total. The van der Waals surface area contributed by atoms with Gasteiger partial charge in [-0.2, -0.15) is 0 Å². The summed E-state index contributed by atoms with van der Waals surface area (Å²) in [6, 6.07) is -0.779. The van der Waals surface area contributed by atoms with Gasteiger partial charge in [0.15, 0.2) is 18.7 Å². The largest absolute Gasteiger partial charge is 0.462 e. The van der Waals surface area contributed by atoms with Gasteiger partial charge in [-0.3, -0.25) is 14.4 Å². The van der Waals surface area contributed by atoms with E-state index < -0.39 is 121 Å². The topological polar surface area (TPSA) is 206 Å². The average Bonchev–Trinajstić information content (AvgIpc) is 3.10. The highest BCUT2D eigenvalue weighted by molar-refractivity contribution is 5.72. The van der Waals surface area contributed by atoms with Gasteiger partial charge in [0.05, 0.1) is 36.9 Å². The Morgan fingerprint density at radius 2 is 1.72 bits per heavy atom. The molecule has 16 nitrogen and oxygen atoms in total. The zero-order valence-corrected chi connectivity index (χ0v) is 35.2. The van der Waals surface area contributed by atoms with Crippen LogP contribution in [0.25, 0.3) is 0 Å². The van der Waals surface area contributed by atoms with Gasteiger partial charge in [0.1, 0.15) is 42.4 Å². The smallest absolute Gasteiger partial charge is 0.309 e. The van der Waals surface area contributed by atoms with E-state index in [1.54, 1.807) is 71.0 Å². The lowest BCUT2D eigenvalue weighted by Crippen LogP contribution is -2.66. The molecular formula is C41H67NO15. The predicted molar refractivity (Wildman–Crippen MR) is 205 cm³/mol. The maximum absolute atomic E-state index is 13.2. The third-order valence-corrected chi connectivity index (χ3v) is 10.8. The highest BCUT2D eigenvalue weighted by atomic mass is 16.7. The van der Waals surface area contributed by atoms with Crippen LogP contribution in [0.4, 0.5) is 0 Å². The number of ether oxygens (including phenoxy) is 8. The molecule has 3 aliphatic heterocycles.